The van der Waals surface area contributed by atoms with Crippen molar-refractivity contribution in [2.75, 3.05) is 13.2 Å². The average Bonchev–Trinajstić information content (AvgIpc) is 2.60. The van der Waals surface area contributed by atoms with Crippen LogP contribution < -0.4 is 0 Å². The van der Waals surface area contributed by atoms with E-state index in [1.165, 1.54) is 0 Å². The third-order valence-electron chi connectivity index (χ3n) is 3.37. The third kappa shape index (κ3) is 4.64. The summed E-state index contributed by atoms with van der Waals surface area (Å²) in [6.45, 7) is 1.86. The van der Waals surface area contributed by atoms with Crippen molar-refractivity contribution in [2.24, 2.45) is 0 Å². The Bertz CT molecular complexity index is 494. The number of ether oxygens (including phenoxy) is 4. The van der Waals surface area contributed by atoms with Gasteiger partial charge in [0.05, 0.1) is 26.4 Å². The average molecular weight is 300 g/mol. The normalized spacial score (nSPS) is 21.6. The molecule has 1 aliphatic heterocycles. The van der Waals surface area contributed by atoms with Crippen LogP contribution in [0.4, 0.5) is 0 Å². The highest BCUT2D eigenvalue weighted by Crippen LogP contribution is 2.14. The summed E-state index contributed by atoms with van der Waals surface area (Å²) < 4.78 is 22.7. The Morgan fingerprint density at radius 2 is 1.18 bits per heavy atom. The van der Waals surface area contributed by atoms with Crippen molar-refractivity contribution < 1.29 is 18.9 Å². The van der Waals surface area contributed by atoms with E-state index in [0.29, 0.717) is 26.4 Å². The molecule has 0 N–H and O–H groups in total. The molecule has 0 bridgehead atoms. The van der Waals surface area contributed by atoms with Gasteiger partial charge in [-0.1, -0.05) is 60.7 Å². The van der Waals surface area contributed by atoms with Crippen molar-refractivity contribution in [1.82, 2.24) is 0 Å². The molecule has 0 radical (unpaired) electrons. The Hall–Kier alpha value is -1.72. The van der Waals surface area contributed by atoms with Crippen LogP contribution in [0.5, 0.6) is 0 Å². The summed E-state index contributed by atoms with van der Waals surface area (Å²) in [6.07, 6.45) is -0.788. The van der Waals surface area contributed by atoms with Gasteiger partial charge < -0.3 is 18.9 Å². The number of hydrogen-bond donors (Lipinski definition) is 0. The van der Waals surface area contributed by atoms with Crippen molar-refractivity contribution in [3.63, 3.8) is 0 Å². The number of benzene rings is 2. The minimum Gasteiger partial charge on any atom is -0.371 e. The summed E-state index contributed by atoms with van der Waals surface area (Å²) in [5.41, 5.74) is 2.22. The lowest BCUT2D eigenvalue weighted by Gasteiger charge is -2.29. The zero-order valence-electron chi connectivity index (χ0n) is 12.4. The molecular weight excluding hydrogens is 280 g/mol. The van der Waals surface area contributed by atoms with Crippen LogP contribution in [0, 0.1) is 0 Å². The molecule has 3 rings (SSSR count). The van der Waals surface area contributed by atoms with E-state index in [-0.39, 0.29) is 0 Å². The summed E-state index contributed by atoms with van der Waals surface area (Å²) in [5.74, 6) is 0. The van der Waals surface area contributed by atoms with Crippen molar-refractivity contribution in [3.8, 4) is 0 Å². The Balaban J connectivity index is 1.43. The van der Waals surface area contributed by atoms with Crippen molar-refractivity contribution >= 4 is 0 Å². The van der Waals surface area contributed by atoms with Gasteiger partial charge in [0.25, 0.3) is 0 Å². The smallest absolute Gasteiger partial charge is 0.184 e. The molecule has 1 fully saturated rings. The van der Waals surface area contributed by atoms with Crippen molar-refractivity contribution in [1.29, 1.82) is 0 Å². The highest BCUT2D eigenvalue weighted by atomic mass is 16.8. The maximum absolute atomic E-state index is 5.76. The minimum atomic E-state index is -0.394. The van der Waals surface area contributed by atoms with E-state index in [4.69, 9.17) is 18.9 Å². The van der Waals surface area contributed by atoms with E-state index < -0.39 is 12.6 Å². The molecule has 2 unspecified atom stereocenters. The van der Waals surface area contributed by atoms with Gasteiger partial charge in [0.15, 0.2) is 12.6 Å². The van der Waals surface area contributed by atoms with Crippen LogP contribution in [0.1, 0.15) is 11.1 Å². The molecule has 2 atom stereocenters. The van der Waals surface area contributed by atoms with Crippen LogP contribution in [0.15, 0.2) is 60.7 Å². The molecule has 2 aromatic rings. The summed E-state index contributed by atoms with van der Waals surface area (Å²) in [7, 11) is 0. The minimum absolute atomic E-state index is 0.394. The quantitative estimate of drug-likeness (QED) is 0.821. The van der Waals surface area contributed by atoms with E-state index in [1.807, 2.05) is 60.7 Å². The SMILES string of the molecule is c1ccc(COC2COCC(OCc3ccccc3)O2)cc1. The van der Waals surface area contributed by atoms with Crippen LogP contribution in [0.3, 0.4) is 0 Å². The summed E-state index contributed by atoms with van der Waals surface area (Å²) in [6, 6.07) is 20.0. The van der Waals surface area contributed by atoms with Gasteiger partial charge in [0.2, 0.25) is 0 Å². The molecule has 0 amide bonds. The zero-order valence-corrected chi connectivity index (χ0v) is 12.4. The Kier molecular flexibility index (Phi) is 5.56. The molecule has 1 saturated heterocycles. The molecule has 2 aromatic carbocycles. The van der Waals surface area contributed by atoms with Gasteiger partial charge in [0, 0.05) is 0 Å². The van der Waals surface area contributed by atoms with Crippen molar-refractivity contribution in [2.45, 2.75) is 25.8 Å². The van der Waals surface area contributed by atoms with E-state index in [0.717, 1.165) is 11.1 Å². The van der Waals surface area contributed by atoms with Gasteiger partial charge in [-0.05, 0) is 11.1 Å². The first-order valence-corrected chi connectivity index (χ1v) is 7.44. The van der Waals surface area contributed by atoms with E-state index in [1.54, 1.807) is 0 Å². The van der Waals surface area contributed by atoms with Gasteiger partial charge in [-0.3, -0.25) is 0 Å². The van der Waals surface area contributed by atoms with Gasteiger partial charge in [-0.2, -0.15) is 0 Å². The summed E-state index contributed by atoms with van der Waals surface area (Å²) >= 11 is 0. The Labute approximate surface area is 130 Å². The monoisotopic (exact) mass is 300 g/mol. The molecule has 22 heavy (non-hydrogen) atoms. The highest BCUT2D eigenvalue weighted by molar-refractivity contribution is 5.14. The molecule has 116 valence electrons. The fourth-order valence-corrected chi connectivity index (χ4v) is 2.21. The number of hydrogen-bond acceptors (Lipinski definition) is 4. The van der Waals surface area contributed by atoms with Crippen LogP contribution in [-0.2, 0) is 32.2 Å². The molecule has 0 aliphatic carbocycles. The lowest BCUT2D eigenvalue weighted by Crippen LogP contribution is -2.39. The molecule has 1 aliphatic rings. The van der Waals surface area contributed by atoms with Crippen LogP contribution >= 0.6 is 0 Å². The van der Waals surface area contributed by atoms with Crippen LogP contribution in [0.25, 0.3) is 0 Å². The maximum atomic E-state index is 5.76. The molecule has 4 nitrogen and oxygen atoms in total. The lowest BCUT2D eigenvalue weighted by atomic mass is 10.2. The van der Waals surface area contributed by atoms with Gasteiger partial charge >= 0.3 is 0 Å². The molecule has 0 aromatic heterocycles. The second kappa shape index (κ2) is 8.06. The first-order valence-electron chi connectivity index (χ1n) is 7.44. The predicted octanol–water partition coefficient (Wildman–Crippen LogP) is 3.12. The fourth-order valence-electron chi connectivity index (χ4n) is 2.21. The fraction of sp³-hybridized carbons (Fsp3) is 0.333. The first-order chi connectivity index (χ1) is 10.9. The summed E-state index contributed by atoms with van der Waals surface area (Å²) in [4.78, 5) is 0. The predicted molar refractivity (Wildman–Crippen MR) is 81.9 cm³/mol. The Morgan fingerprint density at radius 3 is 1.64 bits per heavy atom. The molecular formula is C18H20O4. The standard InChI is InChI=1S/C18H20O4/c1-3-7-15(8-4-1)11-20-17-13-19-14-18(22-17)21-12-16-9-5-2-6-10-16/h1-10,17-18H,11-14H2. The topological polar surface area (TPSA) is 36.9 Å². The largest absolute Gasteiger partial charge is 0.371 e. The van der Waals surface area contributed by atoms with E-state index in [9.17, 15) is 0 Å². The van der Waals surface area contributed by atoms with E-state index >= 15 is 0 Å². The van der Waals surface area contributed by atoms with Crippen LogP contribution in [0.2, 0.25) is 0 Å². The van der Waals surface area contributed by atoms with Crippen LogP contribution in [-0.4, -0.2) is 25.8 Å². The second-order valence-electron chi connectivity index (χ2n) is 5.13. The Morgan fingerprint density at radius 1 is 0.727 bits per heavy atom. The lowest BCUT2D eigenvalue weighted by molar-refractivity contribution is -0.311. The number of rotatable bonds is 6. The first kappa shape index (κ1) is 15.2. The van der Waals surface area contributed by atoms with Gasteiger partial charge in [-0.15, -0.1) is 0 Å². The van der Waals surface area contributed by atoms with Gasteiger partial charge in [-0.25, -0.2) is 0 Å². The third-order valence-corrected chi connectivity index (χ3v) is 3.37. The molecule has 0 saturated carbocycles. The summed E-state index contributed by atoms with van der Waals surface area (Å²) in [5, 5.41) is 0. The van der Waals surface area contributed by atoms with E-state index in [2.05, 4.69) is 0 Å². The molecule has 0 spiro atoms. The highest BCUT2D eigenvalue weighted by Gasteiger charge is 2.24. The zero-order chi connectivity index (χ0) is 15.0. The molecule has 1 heterocycles. The molecule has 4 heteroatoms. The maximum Gasteiger partial charge on any atom is 0.184 e. The second-order valence-corrected chi connectivity index (χ2v) is 5.13. The van der Waals surface area contributed by atoms with Crippen molar-refractivity contribution in [3.05, 3.63) is 71.8 Å². The van der Waals surface area contributed by atoms with Gasteiger partial charge in [0.1, 0.15) is 0 Å².